The minimum Gasteiger partial charge on any atom is -0.376 e. The summed E-state index contributed by atoms with van der Waals surface area (Å²) in [5.41, 5.74) is 18.5. The number of hydrogen-bond donors (Lipinski definition) is 0. The molecule has 0 amide bonds. The van der Waals surface area contributed by atoms with Crippen molar-refractivity contribution in [2.45, 2.75) is 33.1 Å². The summed E-state index contributed by atoms with van der Waals surface area (Å²) >= 11 is 1.98. The van der Waals surface area contributed by atoms with Crippen molar-refractivity contribution in [2.75, 3.05) is 9.71 Å². The van der Waals surface area contributed by atoms with Crippen LogP contribution < -0.4 is 40.7 Å². The molecule has 0 radical (unpaired) electrons. The molecule has 0 saturated heterocycles. The molecule has 9 aromatic rings. The van der Waals surface area contributed by atoms with E-state index >= 15 is 0 Å². The second-order valence-corrected chi connectivity index (χ2v) is 22.8. The van der Waals surface area contributed by atoms with Crippen molar-refractivity contribution in [3.05, 3.63) is 187 Å². The van der Waals surface area contributed by atoms with E-state index in [0.29, 0.717) is 0 Å². The maximum Gasteiger partial charge on any atom is 0.343 e. The summed E-state index contributed by atoms with van der Waals surface area (Å²) < 4.78 is 2.72. The molecule has 4 aliphatic heterocycles. The van der Waals surface area contributed by atoms with Crippen LogP contribution in [0.25, 0.3) is 43.5 Å². The fourth-order valence-electron chi connectivity index (χ4n) is 11.4. The van der Waals surface area contributed by atoms with Crippen LogP contribution in [0.1, 0.15) is 31.9 Å². The Bertz CT molecular complexity index is 3260. The zero-order valence-electron chi connectivity index (χ0n) is 34.1. The van der Waals surface area contributed by atoms with Gasteiger partial charge in [0.2, 0.25) is 0 Å². The third kappa shape index (κ3) is 4.33. The first kappa shape index (κ1) is 34.5. The molecule has 1 spiro atoms. The molecule has 8 aromatic carbocycles. The van der Waals surface area contributed by atoms with Crippen LogP contribution >= 0.6 is 11.3 Å². The Labute approximate surface area is 357 Å². The molecule has 5 heteroatoms. The monoisotopic (exact) mass is 800 g/mol. The van der Waals surface area contributed by atoms with Crippen molar-refractivity contribution in [1.29, 1.82) is 0 Å². The molecule has 284 valence electrons. The van der Waals surface area contributed by atoms with Crippen molar-refractivity contribution in [2.24, 2.45) is 0 Å². The topological polar surface area (TPSA) is 6.48 Å². The first-order chi connectivity index (χ1) is 29.3. The average Bonchev–Trinajstić information content (AvgIpc) is 3.80. The first-order valence-electron chi connectivity index (χ1n) is 21.2. The van der Waals surface area contributed by atoms with Crippen LogP contribution in [0.3, 0.4) is 0 Å². The van der Waals surface area contributed by atoms with Crippen molar-refractivity contribution in [3.8, 4) is 33.4 Å². The Morgan fingerprint density at radius 1 is 0.500 bits per heavy atom. The molecular weight excluding hydrogens is 760 g/mol. The molecule has 0 saturated carbocycles. The van der Waals surface area contributed by atoms with E-state index in [1.807, 2.05) is 11.3 Å². The van der Waals surface area contributed by atoms with Gasteiger partial charge in [0.05, 0.1) is 11.4 Å². The van der Waals surface area contributed by atoms with Gasteiger partial charge in [0, 0.05) is 43.1 Å². The lowest BCUT2D eigenvalue weighted by Gasteiger charge is -2.51. The number of anilines is 5. The minimum atomic E-state index is -2.73. The Balaban J connectivity index is 1.17. The summed E-state index contributed by atoms with van der Waals surface area (Å²) in [5.74, 6) is 0. The quantitative estimate of drug-likeness (QED) is 0.161. The highest BCUT2D eigenvalue weighted by Crippen LogP contribution is 2.53. The van der Waals surface area contributed by atoms with Crippen LogP contribution in [0.15, 0.2) is 176 Å². The zero-order chi connectivity index (χ0) is 40.1. The molecule has 0 bridgehead atoms. The minimum absolute atomic E-state index is 0.00187. The third-order valence-corrected chi connectivity index (χ3v) is 20.0. The fraction of sp³-hybridized carbons (Fsp3) is 0.0909. The number of hydrogen-bond acceptors (Lipinski definition) is 3. The number of rotatable bonds is 2. The summed E-state index contributed by atoms with van der Waals surface area (Å²) in [7, 11) is -2.73. The van der Waals surface area contributed by atoms with Gasteiger partial charge in [0.15, 0.2) is 8.07 Å². The summed E-state index contributed by atoms with van der Waals surface area (Å²) in [6.07, 6.45) is 0. The van der Waals surface area contributed by atoms with E-state index in [-0.39, 0.29) is 12.3 Å². The molecule has 0 fully saturated rings. The molecule has 0 atom stereocenters. The van der Waals surface area contributed by atoms with E-state index in [4.69, 9.17) is 0 Å². The number of nitrogens with zero attached hydrogens (tertiary/aromatic N) is 2. The van der Waals surface area contributed by atoms with Gasteiger partial charge in [-0.15, -0.1) is 11.3 Å². The highest BCUT2D eigenvalue weighted by Gasteiger charge is 2.58. The van der Waals surface area contributed by atoms with Crippen LogP contribution in [0.2, 0.25) is 0 Å². The first-order valence-corrected chi connectivity index (χ1v) is 24.0. The van der Waals surface area contributed by atoms with Gasteiger partial charge in [-0.2, -0.15) is 0 Å². The fourth-order valence-corrected chi connectivity index (χ4v) is 18.3. The lowest BCUT2D eigenvalue weighted by Crippen LogP contribution is -2.78. The SMILES string of the molecule is Cc1cc2c3c(c1)N(c1ccc(C(C)(C)C)cc1-c1ccccc1)c1c(sc4ccccc14)B3N1c3ccccc3[Si]3(c4ccccc4-c4ccccc43)c3cccc-2c31. The number of para-hydroxylation sites is 2. The predicted molar refractivity (Wildman–Crippen MR) is 261 cm³/mol. The second kappa shape index (κ2) is 12.1. The van der Waals surface area contributed by atoms with Crippen LogP contribution in [0.4, 0.5) is 28.4 Å². The third-order valence-electron chi connectivity index (χ3n) is 13.8. The predicted octanol–water partition coefficient (Wildman–Crippen LogP) is 10.6. The summed E-state index contributed by atoms with van der Waals surface area (Å²) in [4.78, 5) is 5.44. The van der Waals surface area contributed by atoms with E-state index < -0.39 is 8.07 Å². The highest BCUT2D eigenvalue weighted by atomic mass is 32.1. The lowest BCUT2D eigenvalue weighted by atomic mass is 9.46. The van der Waals surface area contributed by atoms with E-state index in [1.54, 1.807) is 0 Å². The molecule has 60 heavy (non-hydrogen) atoms. The Kier molecular flexibility index (Phi) is 6.95. The molecule has 4 aliphatic rings. The van der Waals surface area contributed by atoms with Gasteiger partial charge in [0.25, 0.3) is 0 Å². The van der Waals surface area contributed by atoms with Crippen molar-refractivity contribution >= 4 is 95.8 Å². The molecule has 5 heterocycles. The van der Waals surface area contributed by atoms with Crippen LogP contribution in [0.5, 0.6) is 0 Å². The van der Waals surface area contributed by atoms with E-state index in [0.717, 1.165) is 0 Å². The molecule has 0 aliphatic carbocycles. The van der Waals surface area contributed by atoms with E-state index in [9.17, 15) is 0 Å². The van der Waals surface area contributed by atoms with Gasteiger partial charge >= 0.3 is 6.85 Å². The van der Waals surface area contributed by atoms with Gasteiger partial charge in [0.1, 0.15) is 0 Å². The zero-order valence-corrected chi connectivity index (χ0v) is 35.9. The molecular formula is C55H41BN2SSi. The Morgan fingerprint density at radius 2 is 1.15 bits per heavy atom. The smallest absolute Gasteiger partial charge is 0.343 e. The van der Waals surface area contributed by atoms with E-state index in [1.165, 1.54) is 114 Å². The Morgan fingerprint density at radius 3 is 1.92 bits per heavy atom. The summed E-state index contributed by atoms with van der Waals surface area (Å²) in [5, 5.41) is 7.30. The summed E-state index contributed by atoms with van der Waals surface area (Å²) in [6.45, 7) is 9.24. The van der Waals surface area contributed by atoms with E-state index in [2.05, 4.69) is 213 Å². The van der Waals surface area contributed by atoms with Crippen LogP contribution in [-0.4, -0.2) is 14.9 Å². The number of aryl methyl sites for hydroxylation is 1. The number of thiophene rings is 1. The molecule has 2 nitrogen and oxygen atoms in total. The second-order valence-electron chi connectivity index (χ2n) is 18.1. The van der Waals surface area contributed by atoms with Crippen molar-refractivity contribution in [3.63, 3.8) is 0 Å². The van der Waals surface area contributed by atoms with Crippen molar-refractivity contribution in [1.82, 2.24) is 0 Å². The molecule has 0 N–H and O–H groups in total. The number of fused-ring (bicyclic) bond motifs is 15. The molecule has 1 aromatic heterocycles. The van der Waals surface area contributed by atoms with Crippen LogP contribution in [-0.2, 0) is 5.41 Å². The van der Waals surface area contributed by atoms with Crippen LogP contribution in [0, 0.1) is 6.92 Å². The average molecular weight is 801 g/mol. The van der Waals surface area contributed by atoms with Gasteiger partial charge in [-0.25, -0.2) is 0 Å². The standard InChI is InChI=1S/C55H41BN2SSi/c1-34-31-42-39-22-16-28-50-52(39)58(44-23-11-15-27-49(44)60(50)47-25-13-9-19-37(47)38-20-10-14-26-48(38)60)56-51(42)45(32-34)57(53-40-21-8-12-24-46(40)59-54(53)56)43-30-29-36(55(2,3)4)33-41(43)35-17-6-5-7-18-35/h5-33H,1-4H3. The normalized spacial score (nSPS) is 14.7. The maximum absolute atomic E-state index is 2.79. The van der Waals surface area contributed by atoms with Gasteiger partial charge in [-0.1, -0.05) is 166 Å². The van der Waals surface area contributed by atoms with Gasteiger partial charge in [-0.3, -0.25) is 0 Å². The Hall–Kier alpha value is -6.40. The largest absolute Gasteiger partial charge is 0.376 e. The lowest BCUT2D eigenvalue weighted by molar-refractivity contribution is 0.590. The van der Waals surface area contributed by atoms with Crippen molar-refractivity contribution < 1.29 is 0 Å². The van der Waals surface area contributed by atoms with Gasteiger partial charge in [-0.05, 0) is 102 Å². The molecule has 13 rings (SSSR count). The molecule has 0 unspecified atom stereocenters. The maximum atomic E-state index is 2.79. The summed E-state index contributed by atoms with van der Waals surface area (Å²) in [6, 6.07) is 67.7. The van der Waals surface area contributed by atoms with Gasteiger partial charge < -0.3 is 9.71 Å². The number of benzene rings is 8. The highest BCUT2D eigenvalue weighted by molar-refractivity contribution is 7.33.